The molecule has 11 heteroatoms. The summed E-state index contributed by atoms with van der Waals surface area (Å²) in [4.78, 5) is 57.1. The highest BCUT2D eigenvalue weighted by molar-refractivity contribution is 5.99. The van der Waals surface area contributed by atoms with Gasteiger partial charge in [0.1, 0.15) is 17.5 Å². The number of rotatable bonds is 8. The number of hydrogen-bond donors (Lipinski definition) is 2. The molecule has 3 amide bonds. The van der Waals surface area contributed by atoms with Gasteiger partial charge in [-0.2, -0.15) is 0 Å². The molecule has 1 aromatic carbocycles. The van der Waals surface area contributed by atoms with Crippen LogP contribution in [0.25, 0.3) is 10.9 Å². The summed E-state index contributed by atoms with van der Waals surface area (Å²) < 4.78 is 10.4. The molecule has 0 bridgehead atoms. The van der Waals surface area contributed by atoms with E-state index < -0.39 is 29.9 Å². The normalized spacial score (nSPS) is 16.5. The largest absolute Gasteiger partial charge is 0.496 e. The first-order valence-corrected chi connectivity index (χ1v) is 11.4. The molecule has 1 saturated heterocycles. The maximum absolute atomic E-state index is 13.4. The quantitative estimate of drug-likeness (QED) is 0.577. The number of carboxylic acid groups (broad SMARTS) is 1. The molecule has 0 saturated carbocycles. The van der Waals surface area contributed by atoms with Gasteiger partial charge in [0.25, 0.3) is 5.91 Å². The SMILES string of the molecule is CCOC(=O)N1CCN(C(=O)C(CCC(=O)O)NC(=O)c2cc(OC)c3ccccc3n2)C(C)C1. The van der Waals surface area contributed by atoms with Crippen LogP contribution in [-0.4, -0.2) is 89.2 Å². The number of carbonyl (C=O) groups is 4. The van der Waals surface area contributed by atoms with Crippen molar-refractivity contribution < 1.29 is 33.8 Å². The zero-order valence-electron chi connectivity index (χ0n) is 20.0. The van der Waals surface area contributed by atoms with Gasteiger partial charge in [-0.1, -0.05) is 12.1 Å². The Kier molecular flexibility index (Phi) is 8.45. The van der Waals surface area contributed by atoms with Crippen molar-refractivity contribution in [1.29, 1.82) is 0 Å². The van der Waals surface area contributed by atoms with Crippen molar-refractivity contribution >= 4 is 34.8 Å². The molecular formula is C24H30N4O7. The van der Waals surface area contributed by atoms with Crippen LogP contribution in [0.15, 0.2) is 30.3 Å². The van der Waals surface area contributed by atoms with E-state index in [1.54, 1.807) is 30.9 Å². The van der Waals surface area contributed by atoms with E-state index in [1.165, 1.54) is 18.1 Å². The van der Waals surface area contributed by atoms with Gasteiger partial charge in [0.15, 0.2) is 0 Å². The lowest BCUT2D eigenvalue weighted by Crippen LogP contribution is -2.59. The van der Waals surface area contributed by atoms with Gasteiger partial charge in [0.2, 0.25) is 5.91 Å². The Morgan fingerprint density at radius 2 is 1.97 bits per heavy atom. The fraction of sp³-hybridized carbons (Fsp3) is 0.458. The van der Waals surface area contributed by atoms with E-state index in [4.69, 9.17) is 14.6 Å². The van der Waals surface area contributed by atoms with Gasteiger partial charge in [0, 0.05) is 43.5 Å². The van der Waals surface area contributed by atoms with Crippen LogP contribution in [0.3, 0.4) is 0 Å². The number of aliphatic carboxylic acids is 1. The van der Waals surface area contributed by atoms with Crippen LogP contribution >= 0.6 is 0 Å². The topological polar surface area (TPSA) is 138 Å². The molecule has 35 heavy (non-hydrogen) atoms. The molecule has 0 spiro atoms. The zero-order chi connectivity index (χ0) is 25.5. The molecule has 1 aliphatic rings. The van der Waals surface area contributed by atoms with Crippen molar-refractivity contribution in [3.8, 4) is 5.75 Å². The first-order valence-electron chi connectivity index (χ1n) is 11.4. The second-order valence-corrected chi connectivity index (χ2v) is 8.21. The molecule has 2 unspecified atom stereocenters. The van der Waals surface area contributed by atoms with E-state index >= 15 is 0 Å². The molecule has 2 aromatic rings. The van der Waals surface area contributed by atoms with Crippen LogP contribution in [0.1, 0.15) is 37.2 Å². The minimum atomic E-state index is -1.08. The third kappa shape index (κ3) is 6.17. The Bertz CT molecular complexity index is 1110. The van der Waals surface area contributed by atoms with Gasteiger partial charge in [-0.3, -0.25) is 14.4 Å². The van der Waals surface area contributed by atoms with Gasteiger partial charge in [-0.15, -0.1) is 0 Å². The smallest absolute Gasteiger partial charge is 0.409 e. The summed E-state index contributed by atoms with van der Waals surface area (Å²) in [5.74, 6) is -1.65. The highest BCUT2D eigenvalue weighted by Gasteiger charge is 2.35. The van der Waals surface area contributed by atoms with Crippen LogP contribution in [0, 0.1) is 0 Å². The van der Waals surface area contributed by atoms with Crippen LogP contribution in [0.5, 0.6) is 5.75 Å². The Morgan fingerprint density at radius 1 is 1.23 bits per heavy atom. The number of carboxylic acids is 1. The van der Waals surface area contributed by atoms with Crippen LogP contribution in [-0.2, 0) is 14.3 Å². The number of fused-ring (bicyclic) bond motifs is 1. The van der Waals surface area contributed by atoms with Crippen molar-refractivity contribution in [3.63, 3.8) is 0 Å². The number of methoxy groups -OCH3 is 1. The van der Waals surface area contributed by atoms with Crippen molar-refractivity contribution in [2.24, 2.45) is 0 Å². The number of nitrogens with one attached hydrogen (secondary N) is 1. The second kappa shape index (κ2) is 11.5. The van der Waals surface area contributed by atoms with Gasteiger partial charge < -0.3 is 29.7 Å². The summed E-state index contributed by atoms with van der Waals surface area (Å²) in [6.07, 6.45) is -0.837. The number of pyridine rings is 1. The Balaban J connectivity index is 1.78. The molecule has 0 aliphatic carbocycles. The van der Waals surface area contributed by atoms with E-state index in [2.05, 4.69) is 10.3 Å². The molecule has 1 aromatic heterocycles. The first-order chi connectivity index (χ1) is 16.7. The molecule has 3 rings (SSSR count). The van der Waals surface area contributed by atoms with Crippen molar-refractivity contribution in [3.05, 3.63) is 36.0 Å². The zero-order valence-corrected chi connectivity index (χ0v) is 20.0. The molecule has 2 heterocycles. The number of piperazine rings is 1. The predicted molar refractivity (Wildman–Crippen MR) is 126 cm³/mol. The lowest BCUT2D eigenvalue weighted by atomic mass is 10.1. The van der Waals surface area contributed by atoms with Crippen molar-refractivity contribution in [2.75, 3.05) is 33.4 Å². The third-order valence-electron chi connectivity index (χ3n) is 5.82. The second-order valence-electron chi connectivity index (χ2n) is 8.21. The monoisotopic (exact) mass is 486 g/mol. The summed E-state index contributed by atoms with van der Waals surface area (Å²) in [5.41, 5.74) is 0.600. The summed E-state index contributed by atoms with van der Waals surface area (Å²) in [5, 5.41) is 12.6. The number of nitrogens with zero attached hydrogens (tertiary/aromatic N) is 3. The average Bonchev–Trinajstić information content (AvgIpc) is 2.85. The number of benzene rings is 1. The number of carbonyl (C=O) groups excluding carboxylic acids is 3. The van der Waals surface area contributed by atoms with Gasteiger partial charge in [-0.25, -0.2) is 9.78 Å². The van der Waals surface area contributed by atoms with Crippen LogP contribution < -0.4 is 10.1 Å². The van der Waals surface area contributed by atoms with Gasteiger partial charge in [-0.05, 0) is 32.4 Å². The minimum Gasteiger partial charge on any atom is -0.496 e. The Hall–Kier alpha value is -3.89. The van der Waals surface area contributed by atoms with E-state index in [0.29, 0.717) is 11.3 Å². The van der Waals surface area contributed by atoms with Crippen molar-refractivity contribution in [1.82, 2.24) is 20.1 Å². The predicted octanol–water partition coefficient (Wildman–Crippen LogP) is 1.90. The maximum Gasteiger partial charge on any atom is 0.409 e. The average molecular weight is 487 g/mol. The molecule has 2 atom stereocenters. The Labute approximate surface area is 203 Å². The van der Waals surface area contributed by atoms with Gasteiger partial charge in [0.05, 0.1) is 19.2 Å². The minimum absolute atomic E-state index is 0.0499. The maximum atomic E-state index is 13.4. The standard InChI is InChI=1S/C24H30N4O7/c1-4-35-24(33)27-11-12-28(15(2)14-27)23(32)18(9-10-21(29)30)26-22(31)19-13-20(34-3)16-7-5-6-8-17(16)25-19/h5-8,13,15,18H,4,9-12,14H2,1-3H3,(H,26,31)(H,29,30). The molecule has 188 valence electrons. The summed E-state index contributed by atoms with van der Waals surface area (Å²) in [7, 11) is 1.49. The number of hydrogen-bond acceptors (Lipinski definition) is 7. The van der Waals surface area contributed by atoms with Gasteiger partial charge >= 0.3 is 12.1 Å². The summed E-state index contributed by atoms with van der Waals surface area (Å²) in [6, 6.07) is 7.24. The number of aromatic nitrogens is 1. The number of para-hydroxylation sites is 1. The number of ether oxygens (including phenoxy) is 2. The highest BCUT2D eigenvalue weighted by Crippen LogP contribution is 2.25. The lowest BCUT2D eigenvalue weighted by molar-refractivity contribution is -0.139. The van der Waals surface area contributed by atoms with Crippen LogP contribution in [0.2, 0.25) is 0 Å². The van der Waals surface area contributed by atoms with E-state index in [-0.39, 0.29) is 50.8 Å². The molecule has 11 nitrogen and oxygen atoms in total. The third-order valence-corrected chi connectivity index (χ3v) is 5.82. The van der Waals surface area contributed by atoms with E-state index in [9.17, 15) is 19.2 Å². The fourth-order valence-electron chi connectivity index (χ4n) is 4.05. The highest BCUT2D eigenvalue weighted by atomic mass is 16.6. The van der Waals surface area contributed by atoms with E-state index in [0.717, 1.165) is 5.39 Å². The Morgan fingerprint density at radius 3 is 2.63 bits per heavy atom. The lowest BCUT2D eigenvalue weighted by Gasteiger charge is -2.40. The molecule has 1 aliphatic heterocycles. The first kappa shape index (κ1) is 25.7. The summed E-state index contributed by atoms with van der Waals surface area (Å²) >= 11 is 0. The van der Waals surface area contributed by atoms with E-state index in [1.807, 2.05) is 12.1 Å². The molecule has 1 fully saturated rings. The fourth-order valence-corrected chi connectivity index (χ4v) is 4.05. The summed E-state index contributed by atoms with van der Waals surface area (Å²) in [6.45, 7) is 4.54. The molecular weight excluding hydrogens is 456 g/mol. The number of amides is 3. The molecule has 0 radical (unpaired) electrons. The van der Waals surface area contributed by atoms with Crippen LogP contribution in [0.4, 0.5) is 4.79 Å². The van der Waals surface area contributed by atoms with Crippen molar-refractivity contribution in [2.45, 2.75) is 38.8 Å². The molecule has 2 N–H and O–H groups in total.